The van der Waals surface area contributed by atoms with Gasteiger partial charge in [-0.05, 0) is 35.8 Å². The first-order valence-electron chi connectivity index (χ1n) is 6.17. The van der Waals surface area contributed by atoms with Crippen LogP contribution in [-0.4, -0.2) is 14.9 Å². The van der Waals surface area contributed by atoms with E-state index in [2.05, 4.69) is 33.3 Å². The second-order valence-electron chi connectivity index (χ2n) is 4.62. The Hall–Kier alpha value is -1.33. The van der Waals surface area contributed by atoms with E-state index in [1.807, 2.05) is 36.9 Å². The molecule has 2 aromatic rings. The highest BCUT2D eigenvalue weighted by molar-refractivity contribution is 9.10. The second kappa shape index (κ2) is 5.75. The molecule has 0 spiro atoms. The molecule has 0 saturated heterocycles. The minimum Gasteiger partial charge on any atom is -0.506 e. The van der Waals surface area contributed by atoms with Crippen molar-refractivity contribution in [3.8, 4) is 5.75 Å². The molecule has 2 N–H and O–H groups in total. The molecule has 1 aromatic carbocycles. The van der Waals surface area contributed by atoms with Crippen LogP contribution < -0.4 is 5.32 Å². The average Bonchev–Trinajstić information content (AvgIpc) is 2.61. The molecular weight excluding hydrogens is 306 g/mol. The van der Waals surface area contributed by atoms with Crippen molar-refractivity contribution in [2.24, 2.45) is 7.05 Å². The fourth-order valence-corrected chi connectivity index (χ4v) is 2.51. The molecule has 0 radical (unpaired) electrons. The van der Waals surface area contributed by atoms with Gasteiger partial charge in [-0.1, -0.05) is 12.1 Å². The molecule has 4 nitrogen and oxygen atoms in total. The molecule has 0 bridgehead atoms. The van der Waals surface area contributed by atoms with E-state index in [0.29, 0.717) is 12.3 Å². The van der Waals surface area contributed by atoms with Crippen LogP contribution >= 0.6 is 15.9 Å². The predicted octanol–water partition coefficient (Wildman–Crippen LogP) is 2.79. The molecular formula is C14H18BrN3O. The third-order valence-corrected chi connectivity index (χ3v) is 3.99. The summed E-state index contributed by atoms with van der Waals surface area (Å²) >= 11 is 3.32. The highest BCUT2D eigenvalue weighted by atomic mass is 79.9. The van der Waals surface area contributed by atoms with E-state index in [9.17, 15) is 5.11 Å². The van der Waals surface area contributed by atoms with Crippen LogP contribution in [0.5, 0.6) is 5.75 Å². The van der Waals surface area contributed by atoms with Gasteiger partial charge in [0.05, 0.1) is 10.2 Å². The lowest BCUT2D eigenvalue weighted by Gasteiger charge is -2.08. The molecule has 102 valence electrons. The zero-order valence-corrected chi connectivity index (χ0v) is 13.0. The monoisotopic (exact) mass is 323 g/mol. The highest BCUT2D eigenvalue weighted by Gasteiger charge is 2.09. The normalized spacial score (nSPS) is 10.9. The summed E-state index contributed by atoms with van der Waals surface area (Å²) in [4.78, 5) is 0. The van der Waals surface area contributed by atoms with Gasteiger partial charge in [0.1, 0.15) is 5.75 Å². The number of aromatic nitrogens is 2. The number of aryl methyl sites for hydroxylation is 2. The van der Waals surface area contributed by atoms with Gasteiger partial charge in [0.25, 0.3) is 0 Å². The lowest BCUT2D eigenvalue weighted by Crippen LogP contribution is -2.14. The molecule has 0 aliphatic heterocycles. The number of nitrogens with zero attached hydrogens (tertiary/aromatic N) is 2. The first-order chi connectivity index (χ1) is 9.00. The van der Waals surface area contributed by atoms with Crippen molar-refractivity contribution in [3.05, 3.63) is 45.2 Å². The van der Waals surface area contributed by atoms with Gasteiger partial charge < -0.3 is 10.4 Å². The Bertz CT molecular complexity index is 593. The maximum Gasteiger partial charge on any atom is 0.134 e. The van der Waals surface area contributed by atoms with Crippen molar-refractivity contribution in [2.45, 2.75) is 26.9 Å². The lowest BCUT2D eigenvalue weighted by molar-refractivity contribution is 0.461. The minimum absolute atomic E-state index is 0.301. The van der Waals surface area contributed by atoms with E-state index >= 15 is 0 Å². The third-order valence-electron chi connectivity index (χ3n) is 3.35. The summed E-state index contributed by atoms with van der Waals surface area (Å²) < 4.78 is 2.61. The Kier molecular flexibility index (Phi) is 4.27. The predicted molar refractivity (Wildman–Crippen MR) is 79.0 cm³/mol. The Morgan fingerprint density at radius 3 is 2.68 bits per heavy atom. The number of halogens is 1. The topological polar surface area (TPSA) is 50.1 Å². The van der Waals surface area contributed by atoms with Crippen molar-refractivity contribution in [1.82, 2.24) is 15.1 Å². The Morgan fingerprint density at radius 2 is 2.05 bits per heavy atom. The fourth-order valence-electron chi connectivity index (χ4n) is 2.10. The molecule has 0 amide bonds. The van der Waals surface area contributed by atoms with Crippen LogP contribution in [-0.2, 0) is 20.1 Å². The summed E-state index contributed by atoms with van der Waals surface area (Å²) in [5, 5.41) is 17.6. The number of aromatic hydroxyl groups is 1. The summed E-state index contributed by atoms with van der Waals surface area (Å²) in [5.41, 5.74) is 4.32. The zero-order valence-electron chi connectivity index (χ0n) is 11.4. The molecule has 0 saturated carbocycles. The maximum absolute atomic E-state index is 9.90. The third kappa shape index (κ3) is 2.98. The molecule has 0 aliphatic carbocycles. The van der Waals surface area contributed by atoms with Gasteiger partial charge in [-0.15, -0.1) is 0 Å². The zero-order chi connectivity index (χ0) is 14.0. The molecule has 1 aromatic heterocycles. The van der Waals surface area contributed by atoms with Crippen molar-refractivity contribution in [3.63, 3.8) is 0 Å². The summed E-state index contributed by atoms with van der Waals surface area (Å²) in [6, 6.07) is 5.66. The van der Waals surface area contributed by atoms with E-state index in [4.69, 9.17) is 0 Å². The van der Waals surface area contributed by atoms with Crippen LogP contribution in [0.3, 0.4) is 0 Å². The number of nitrogens with one attached hydrogen (secondary N) is 1. The standard InChI is InChI=1S/C14H18BrN3O/c1-9-12(10(2)18(3)17-9)8-16-7-11-5-4-6-13(15)14(11)19/h4-6,16,19H,7-8H2,1-3H3. The van der Waals surface area contributed by atoms with Crippen molar-refractivity contribution >= 4 is 15.9 Å². The number of phenolic OH excluding ortho intramolecular Hbond substituents is 1. The van der Waals surface area contributed by atoms with Crippen molar-refractivity contribution < 1.29 is 5.11 Å². The van der Waals surface area contributed by atoms with Crippen LogP contribution in [0.2, 0.25) is 0 Å². The summed E-state index contributed by atoms with van der Waals surface area (Å²) in [6.07, 6.45) is 0. The van der Waals surface area contributed by atoms with Crippen LogP contribution in [0.1, 0.15) is 22.5 Å². The largest absolute Gasteiger partial charge is 0.506 e. The first-order valence-corrected chi connectivity index (χ1v) is 6.96. The van der Waals surface area contributed by atoms with E-state index < -0.39 is 0 Å². The molecule has 1 heterocycles. The smallest absolute Gasteiger partial charge is 0.134 e. The van der Waals surface area contributed by atoms with Gasteiger partial charge in [-0.2, -0.15) is 5.10 Å². The molecule has 0 fully saturated rings. The average molecular weight is 324 g/mol. The molecule has 19 heavy (non-hydrogen) atoms. The van der Waals surface area contributed by atoms with Gasteiger partial charge in [0.15, 0.2) is 0 Å². The Labute approximate surface area is 121 Å². The molecule has 2 rings (SSSR count). The van der Waals surface area contributed by atoms with Crippen LogP contribution in [0.4, 0.5) is 0 Å². The summed E-state index contributed by atoms with van der Waals surface area (Å²) in [6.45, 7) is 5.45. The van der Waals surface area contributed by atoms with Gasteiger partial charge >= 0.3 is 0 Å². The van der Waals surface area contributed by atoms with Gasteiger partial charge in [0.2, 0.25) is 0 Å². The first kappa shape index (κ1) is 14.1. The molecule has 0 unspecified atom stereocenters. The van der Waals surface area contributed by atoms with E-state index in [0.717, 1.165) is 22.3 Å². The van der Waals surface area contributed by atoms with Gasteiger partial charge in [0, 0.05) is 37.0 Å². The fraction of sp³-hybridized carbons (Fsp3) is 0.357. The quantitative estimate of drug-likeness (QED) is 0.909. The number of phenols is 1. The number of benzene rings is 1. The van der Waals surface area contributed by atoms with Crippen LogP contribution in [0.25, 0.3) is 0 Å². The summed E-state index contributed by atoms with van der Waals surface area (Å²) in [5.74, 6) is 0.301. The highest BCUT2D eigenvalue weighted by Crippen LogP contribution is 2.27. The Balaban J connectivity index is 2.02. The van der Waals surface area contributed by atoms with Gasteiger partial charge in [-0.25, -0.2) is 0 Å². The van der Waals surface area contributed by atoms with Crippen molar-refractivity contribution in [2.75, 3.05) is 0 Å². The van der Waals surface area contributed by atoms with E-state index in [1.54, 1.807) is 0 Å². The van der Waals surface area contributed by atoms with Crippen LogP contribution in [0, 0.1) is 13.8 Å². The minimum atomic E-state index is 0.301. The van der Waals surface area contributed by atoms with Crippen molar-refractivity contribution in [1.29, 1.82) is 0 Å². The molecule has 0 atom stereocenters. The van der Waals surface area contributed by atoms with Crippen LogP contribution in [0.15, 0.2) is 22.7 Å². The number of hydrogen-bond acceptors (Lipinski definition) is 3. The second-order valence-corrected chi connectivity index (χ2v) is 5.48. The number of para-hydroxylation sites is 1. The number of hydrogen-bond donors (Lipinski definition) is 2. The van der Waals surface area contributed by atoms with E-state index in [-0.39, 0.29) is 0 Å². The summed E-state index contributed by atoms with van der Waals surface area (Å²) in [7, 11) is 1.95. The maximum atomic E-state index is 9.90. The molecule has 0 aliphatic rings. The van der Waals surface area contributed by atoms with Gasteiger partial charge in [-0.3, -0.25) is 4.68 Å². The molecule has 5 heteroatoms. The lowest BCUT2D eigenvalue weighted by atomic mass is 10.1. The Morgan fingerprint density at radius 1 is 1.32 bits per heavy atom. The SMILES string of the molecule is Cc1nn(C)c(C)c1CNCc1cccc(Br)c1O. The number of rotatable bonds is 4. The van der Waals surface area contributed by atoms with E-state index in [1.165, 1.54) is 11.3 Å².